The number of halogens is 21. The lowest BCUT2D eigenvalue weighted by Crippen LogP contribution is -2.74. The first-order valence-corrected chi connectivity index (χ1v) is 8.67. The van der Waals surface area contributed by atoms with Gasteiger partial charge in [0.25, 0.3) is 0 Å². The number of alkyl halides is 17. The van der Waals surface area contributed by atoms with Gasteiger partial charge in [0.1, 0.15) is 5.56 Å². The molecule has 0 aromatic heterocycles. The Hall–Kier alpha value is -2.29. The third kappa shape index (κ3) is 4.02. The van der Waals surface area contributed by atoms with Gasteiger partial charge < -0.3 is 5.73 Å². The maximum Gasteiger partial charge on any atom is 0.460 e. The quantitative estimate of drug-likeness (QED) is 0.237. The zero-order valence-electron chi connectivity index (χ0n) is 17.1. The Bertz CT molecular complexity index is 1040. The molecule has 22 heteroatoms. The molecule has 0 saturated heterocycles. The van der Waals surface area contributed by atoms with E-state index in [0.29, 0.717) is 6.92 Å². The Morgan fingerprint density at radius 2 is 0.711 bits per heavy atom. The fourth-order valence-electron chi connectivity index (χ4n) is 2.64. The van der Waals surface area contributed by atoms with E-state index in [4.69, 9.17) is 5.73 Å². The fourth-order valence-corrected chi connectivity index (χ4v) is 2.64. The highest BCUT2D eigenvalue weighted by molar-refractivity contribution is 5.36. The summed E-state index contributed by atoms with van der Waals surface area (Å²) in [5.74, 6) is -74.5. The second kappa shape index (κ2) is 8.86. The van der Waals surface area contributed by atoms with Crippen LogP contribution >= 0.6 is 0 Å². The van der Waals surface area contributed by atoms with E-state index in [-0.39, 0.29) is 0 Å². The summed E-state index contributed by atoms with van der Waals surface area (Å²) in [7, 11) is 0. The molecule has 0 spiro atoms. The van der Waals surface area contributed by atoms with Crippen LogP contribution in [0.5, 0.6) is 0 Å². The Morgan fingerprint density at radius 1 is 0.447 bits per heavy atom. The zero-order valence-corrected chi connectivity index (χ0v) is 17.1. The number of hydrogen-bond donors (Lipinski definition) is 1. The van der Waals surface area contributed by atoms with Gasteiger partial charge in [-0.25, -0.2) is 17.6 Å². The summed E-state index contributed by atoms with van der Waals surface area (Å²) in [4.78, 5) is 0. The van der Waals surface area contributed by atoms with Gasteiger partial charge in [0, 0.05) is 11.6 Å². The van der Waals surface area contributed by atoms with Crippen molar-refractivity contribution in [3.05, 3.63) is 34.4 Å². The van der Waals surface area contributed by atoms with Crippen molar-refractivity contribution in [3.63, 3.8) is 0 Å². The highest BCUT2D eigenvalue weighted by atomic mass is 19.4. The van der Waals surface area contributed by atoms with Crippen molar-refractivity contribution in [2.24, 2.45) is 5.73 Å². The third-order valence-electron chi connectivity index (χ3n) is 4.79. The minimum absolute atomic E-state index is 0.459. The molecular weight excluding hydrogens is 605 g/mol. The summed E-state index contributed by atoms with van der Waals surface area (Å²) in [5, 5.41) is 0. The van der Waals surface area contributed by atoms with Crippen LogP contribution in [0.15, 0.2) is 0 Å². The topological polar surface area (TPSA) is 26.0 Å². The molecule has 0 radical (unpaired) electrons. The second-order valence-electron chi connectivity index (χ2n) is 7.35. The maximum absolute atomic E-state index is 14.1. The molecule has 0 bridgehead atoms. The van der Waals surface area contributed by atoms with Crippen LogP contribution in [0.1, 0.15) is 24.1 Å². The summed E-state index contributed by atoms with van der Waals surface area (Å²) in [6.45, 7) is 0.459. The molecule has 0 amide bonds. The van der Waals surface area contributed by atoms with Crippen molar-refractivity contribution in [1.82, 2.24) is 0 Å². The molecule has 1 aromatic carbocycles. The fraction of sp³-hybridized carbons (Fsp3) is 0.625. The minimum Gasteiger partial charge on any atom is -0.324 e. The Labute approximate surface area is 194 Å². The third-order valence-corrected chi connectivity index (χ3v) is 4.79. The van der Waals surface area contributed by atoms with Gasteiger partial charge in [-0.2, -0.15) is 74.6 Å². The average Bonchev–Trinajstić information content (AvgIpc) is 2.70. The van der Waals surface area contributed by atoms with E-state index in [0.717, 1.165) is 0 Å². The van der Waals surface area contributed by atoms with E-state index >= 15 is 0 Å². The SMILES string of the molecule is CC(N)c1c(F)c(F)c(C(F)(F)C(F)(F)C(F)(F)C(F)(F)C(F)(F)C(F)(F)C(F)(F)C(F)(F)F)c(F)c1F. The maximum atomic E-state index is 14.1. The summed E-state index contributed by atoms with van der Waals surface area (Å²) >= 11 is 0. The van der Waals surface area contributed by atoms with Crippen molar-refractivity contribution in [1.29, 1.82) is 0 Å². The Balaban J connectivity index is 3.99. The lowest BCUT2D eigenvalue weighted by Gasteiger charge is -2.42. The normalized spacial score (nSPS) is 16.2. The summed E-state index contributed by atoms with van der Waals surface area (Å²) in [6, 6.07) is -2.23. The molecule has 1 nitrogen and oxygen atoms in total. The molecule has 0 saturated carbocycles. The van der Waals surface area contributed by atoms with Crippen molar-refractivity contribution in [2.45, 2.75) is 60.6 Å². The van der Waals surface area contributed by atoms with Gasteiger partial charge in [-0.05, 0) is 6.92 Å². The van der Waals surface area contributed by atoms with E-state index in [1.54, 1.807) is 0 Å². The number of hydrogen-bond acceptors (Lipinski definition) is 1. The molecule has 1 atom stereocenters. The smallest absolute Gasteiger partial charge is 0.324 e. The molecule has 1 unspecified atom stereocenters. The second-order valence-corrected chi connectivity index (χ2v) is 7.35. The first-order valence-electron chi connectivity index (χ1n) is 8.67. The molecule has 1 rings (SSSR count). The van der Waals surface area contributed by atoms with E-state index in [1.165, 1.54) is 0 Å². The molecule has 0 heterocycles. The minimum atomic E-state index is -9.04. The van der Waals surface area contributed by atoms with Gasteiger partial charge in [0.05, 0.1) is 0 Å². The molecule has 0 aliphatic heterocycles. The first kappa shape index (κ1) is 33.7. The molecule has 0 aliphatic carbocycles. The highest BCUT2D eigenvalue weighted by Crippen LogP contribution is 2.65. The van der Waals surface area contributed by atoms with Crippen molar-refractivity contribution < 1.29 is 92.2 Å². The van der Waals surface area contributed by atoms with Crippen molar-refractivity contribution >= 4 is 0 Å². The van der Waals surface area contributed by atoms with E-state index in [2.05, 4.69) is 0 Å². The van der Waals surface area contributed by atoms with E-state index < -0.39 is 88.1 Å². The molecule has 2 N–H and O–H groups in total. The predicted octanol–water partition coefficient (Wildman–Crippen LogP) is 7.73. The van der Waals surface area contributed by atoms with Crippen LogP contribution in [0.2, 0.25) is 0 Å². The van der Waals surface area contributed by atoms with Gasteiger partial charge >= 0.3 is 47.6 Å². The van der Waals surface area contributed by atoms with Crippen LogP contribution in [0.4, 0.5) is 92.2 Å². The van der Waals surface area contributed by atoms with Crippen LogP contribution < -0.4 is 5.73 Å². The van der Waals surface area contributed by atoms with Crippen LogP contribution in [0.3, 0.4) is 0 Å². The van der Waals surface area contributed by atoms with Gasteiger partial charge in [-0.15, -0.1) is 0 Å². The van der Waals surface area contributed by atoms with Gasteiger partial charge in [-0.1, -0.05) is 0 Å². The van der Waals surface area contributed by atoms with Crippen LogP contribution in [0.25, 0.3) is 0 Å². The largest absolute Gasteiger partial charge is 0.460 e. The summed E-state index contributed by atoms with van der Waals surface area (Å²) in [5.41, 5.74) is -1.50. The van der Waals surface area contributed by atoms with Gasteiger partial charge in [-0.3, -0.25) is 0 Å². The van der Waals surface area contributed by atoms with E-state index in [9.17, 15) is 92.2 Å². The zero-order chi connectivity index (χ0) is 31.0. The lowest BCUT2D eigenvalue weighted by molar-refractivity contribution is -0.463. The predicted molar refractivity (Wildman–Crippen MR) is 78.5 cm³/mol. The average molecular weight is 611 g/mol. The van der Waals surface area contributed by atoms with Gasteiger partial charge in [0.15, 0.2) is 23.3 Å². The lowest BCUT2D eigenvalue weighted by atomic mass is 9.86. The summed E-state index contributed by atoms with van der Waals surface area (Å²) in [6.07, 6.45) is -7.97. The Morgan fingerprint density at radius 3 is 0.974 bits per heavy atom. The van der Waals surface area contributed by atoms with Crippen LogP contribution in [-0.2, 0) is 5.92 Å². The van der Waals surface area contributed by atoms with E-state index in [1.807, 2.05) is 0 Å². The molecule has 1 aromatic rings. The molecular formula is C16H6F21N. The van der Waals surface area contributed by atoms with Crippen molar-refractivity contribution in [2.75, 3.05) is 0 Å². The highest BCUT2D eigenvalue weighted by Gasteiger charge is 2.95. The molecule has 38 heavy (non-hydrogen) atoms. The first-order chi connectivity index (χ1) is 16.3. The molecule has 222 valence electrons. The van der Waals surface area contributed by atoms with Crippen molar-refractivity contribution in [3.8, 4) is 0 Å². The molecule has 0 aliphatic rings. The monoisotopic (exact) mass is 611 g/mol. The Kier molecular flexibility index (Phi) is 7.87. The summed E-state index contributed by atoms with van der Waals surface area (Å²) < 4.78 is 281. The number of nitrogens with two attached hydrogens (primary N) is 1. The number of rotatable bonds is 8. The standard InChI is InChI=1S/C16H6F21N/c1-2(38)3-5(17)7(19)4(8(20)6(3)18)9(21,22)10(23,24)11(25,26)12(27,28)13(29,30)14(31,32)15(33,34)16(35,36)37/h2H,38H2,1H3. The van der Waals surface area contributed by atoms with Crippen LogP contribution in [0, 0.1) is 23.3 Å². The van der Waals surface area contributed by atoms with Gasteiger partial charge in [0.2, 0.25) is 0 Å². The van der Waals surface area contributed by atoms with Crippen LogP contribution in [-0.4, -0.2) is 41.7 Å². The molecule has 0 fully saturated rings. The number of benzene rings is 1.